The van der Waals surface area contributed by atoms with Gasteiger partial charge in [-0.05, 0) is 26.2 Å². The third-order valence-electron chi connectivity index (χ3n) is 2.79. The maximum Gasteiger partial charge on any atom is 0.214 e. The zero-order valence-electron chi connectivity index (χ0n) is 9.92. The fourth-order valence-corrected chi connectivity index (χ4v) is 5.03. The van der Waals surface area contributed by atoms with Gasteiger partial charge in [0.15, 0.2) is 0 Å². The van der Waals surface area contributed by atoms with Crippen molar-refractivity contribution in [3.63, 3.8) is 0 Å². The van der Waals surface area contributed by atoms with E-state index >= 15 is 0 Å². The first kappa shape index (κ1) is 14.7. The van der Waals surface area contributed by atoms with Crippen LogP contribution >= 0.6 is 0 Å². The van der Waals surface area contributed by atoms with E-state index < -0.39 is 25.1 Å². The lowest BCUT2D eigenvalue weighted by molar-refractivity contribution is 0.543. The zero-order valence-corrected chi connectivity index (χ0v) is 11.6. The molecular formula is C10H19NO4S2. The highest BCUT2D eigenvalue weighted by atomic mass is 32.2. The summed E-state index contributed by atoms with van der Waals surface area (Å²) in [6.07, 6.45) is 4.82. The van der Waals surface area contributed by atoms with Crippen LogP contribution in [0.4, 0.5) is 0 Å². The van der Waals surface area contributed by atoms with Gasteiger partial charge in [-0.2, -0.15) is 0 Å². The number of allylic oxidation sites excluding steroid dienone is 1. The summed E-state index contributed by atoms with van der Waals surface area (Å²) in [5, 5.41) is -0.559. The summed E-state index contributed by atoms with van der Waals surface area (Å²) >= 11 is 0. The molecule has 17 heavy (non-hydrogen) atoms. The van der Waals surface area contributed by atoms with Gasteiger partial charge in [0.2, 0.25) is 10.0 Å². The van der Waals surface area contributed by atoms with Crippen molar-refractivity contribution in [2.45, 2.75) is 31.4 Å². The Morgan fingerprint density at radius 3 is 2.41 bits per heavy atom. The lowest BCUT2D eigenvalue weighted by atomic mass is 10.2. The molecular weight excluding hydrogens is 262 g/mol. The summed E-state index contributed by atoms with van der Waals surface area (Å²) in [5.74, 6) is -0.0408. The molecule has 1 heterocycles. The zero-order chi connectivity index (χ0) is 12.9. The molecule has 0 radical (unpaired) electrons. The average molecular weight is 281 g/mol. The predicted molar refractivity (Wildman–Crippen MR) is 68.0 cm³/mol. The van der Waals surface area contributed by atoms with Gasteiger partial charge in [-0.3, -0.25) is 0 Å². The first-order chi connectivity index (χ1) is 7.87. The van der Waals surface area contributed by atoms with Gasteiger partial charge >= 0.3 is 0 Å². The summed E-state index contributed by atoms with van der Waals surface area (Å²) in [5.41, 5.74) is 0. The van der Waals surface area contributed by atoms with Crippen molar-refractivity contribution in [2.24, 2.45) is 0 Å². The lowest BCUT2D eigenvalue weighted by Crippen LogP contribution is -2.40. The minimum atomic E-state index is -3.36. The summed E-state index contributed by atoms with van der Waals surface area (Å²) in [6, 6.07) is 0. The molecule has 0 spiro atoms. The maximum absolute atomic E-state index is 11.8. The van der Waals surface area contributed by atoms with Crippen molar-refractivity contribution in [3.8, 4) is 0 Å². The molecule has 1 N–H and O–H groups in total. The van der Waals surface area contributed by atoms with E-state index in [0.29, 0.717) is 13.0 Å². The first-order valence-electron chi connectivity index (χ1n) is 5.67. The second-order valence-corrected chi connectivity index (χ2v) is 8.50. The number of rotatable bonds is 5. The van der Waals surface area contributed by atoms with Crippen LogP contribution in [0.15, 0.2) is 12.2 Å². The Morgan fingerprint density at radius 1 is 1.29 bits per heavy atom. The Morgan fingerprint density at radius 2 is 1.88 bits per heavy atom. The number of sulfonamides is 1. The molecule has 0 aromatic heterocycles. The number of sulfone groups is 1. The lowest BCUT2D eigenvalue weighted by Gasteiger charge is -2.22. The molecule has 1 aliphatic rings. The normalized spacial score (nSPS) is 21.9. The van der Waals surface area contributed by atoms with Crippen LogP contribution < -0.4 is 4.72 Å². The highest BCUT2D eigenvalue weighted by molar-refractivity contribution is 7.92. The second-order valence-electron chi connectivity index (χ2n) is 4.15. The SMILES string of the molecule is C/C=C/CCNS(=O)(=O)C1CCS(=O)(=O)CC1. The van der Waals surface area contributed by atoms with Gasteiger partial charge in [-0.1, -0.05) is 12.2 Å². The summed E-state index contributed by atoms with van der Waals surface area (Å²) < 4.78 is 48.6. The second kappa shape index (κ2) is 5.97. The van der Waals surface area contributed by atoms with Crippen LogP contribution in [0.2, 0.25) is 0 Å². The van der Waals surface area contributed by atoms with E-state index in [0.717, 1.165) is 0 Å². The van der Waals surface area contributed by atoms with Crippen LogP contribution in [0.5, 0.6) is 0 Å². The van der Waals surface area contributed by atoms with Crippen LogP contribution in [-0.2, 0) is 19.9 Å². The average Bonchev–Trinajstić information content (AvgIpc) is 2.24. The Balaban J connectivity index is 2.49. The molecule has 100 valence electrons. The van der Waals surface area contributed by atoms with Crippen LogP contribution in [0, 0.1) is 0 Å². The fourth-order valence-electron chi connectivity index (χ4n) is 1.75. The number of nitrogens with one attached hydrogen (secondary N) is 1. The molecule has 7 heteroatoms. The highest BCUT2D eigenvalue weighted by Gasteiger charge is 2.32. The molecule has 1 saturated heterocycles. The molecule has 1 fully saturated rings. The Hall–Kier alpha value is -0.400. The molecule has 0 bridgehead atoms. The van der Waals surface area contributed by atoms with E-state index in [9.17, 15) is 16.8 Å². The molecule has 0 unspecified atom stereocenters. The monoisotopic (exact) mass is 281 g/mol. The third kappa shape index (κ3) is 4.77. The molecule has 0 saturated carbocycles. The topological polar surface area (TPSA) is 80.3 Å². The fraction of sp³-hybridized carbons (Fsp3) is 0.800. The summed E-state index contributed by atoms with van der Waals surface area (Å²) in [7, 11) is -6.37. The van der Waals surface area contributed by atoms with Crippen molar-refractivity contribution in [1.82, 2.24) is 4.72 Å². The number of hydrogen-bond acceptors (Lipinski definition) is 4. The van der Waals surface area contributed by atoms with Crippen molar-refractivity contribution < 1.29 is 16.8 Å². The van der Waals surface area contributed by atoms with Crippen molar-refractivity contribution in [3.05, 3.63) is 12.2 Å². The molecule has 0 aromatic rings. The number of hydrogen-bond donors (Lipinski definition) is 1. The Labute approximate surface area is 103 Å². The van der Waals surface area contributed by atoms with E-state index in [1.54, 1.807) is 0 Å². The van der Waals surface area contributed by atoms with E-state index in [-0.39, 0.29) is 24.3 Å². The minimum absolute atomic E-state index is 0.0204. The smallest absolute Gasteiger partial charge is 0.214 e. The van der Waals surface area contributed by atoms with E-state index in [4.69, 9.17) is 0 Å². The molecule has 5 nitrogen and oxygen atoms in total. The molecule has 0 amide bonds. The van der Waals surface area contributed by atoms with Crippen LogP contribution in [0.25, 0.3) is 0 Å². The quantitative estimate of drug-likeness (QED) is 0.586. The molecule has 1 aliphatic heterocycles. The predicted octanol–water partition coefficient (Wildman–Crippen LogP) is 0.449. The Bertz CT molecular complexity index is 451. The molecule has 1 rings (SSSR count). The van der Waals surface area contributed by atoms with Crippen LogP contribution in [0.1, 0.15) is 26.2 Å². The minimum Gasteiger partial charge on any atom is -0.229 e. The van der Waals surface area contributed by atoms with Gasteiger partial charge in [0.1, 0.15) is 9.84 Å². The van der Waals surface area contributed by atoms with Crippen LogP contribution in [-0.4, -0.2) is 40.1 Å². The largest absolute Gasteiger partial charge is 0.229 e. The van der Waals surface area contributed by atoms with Gasteiger partial charge in [-0.25, -0.2) is 21.6 Å². The van der Waals surface area contributed by atoms with E-state index in [2.05, 4.69) is 4.72 Å². The molecule has 0 aliphatic carbocycles. The third-order valence-corrected chi connectivity index (χ3v) is 6.46. The van der Waals surface area contributed by atoms with Gasteiger partial charge in [0, 0.05) is 6.54 Å². The summed E-state index contributed by atoms with van der Waals surface area (Å²) in [4.78, 5) is 0. The maximum atomic E-state index is 11.8. The van der Waals surface area contributed by atoms with Crippen molar-refractivity contribution >= 4 is 19.9 Å². The van der Waals surface area contributed by atoms with Gasteiger partial charge in [0.05, 0.1) is 16.8 Å². The first-order valence-corrected chi connectivity index (χ1v) is 9.04. The van der Waals surface area contributed by atoms with E-state index in [1.807, 2.05) is 19.1 Å². The van der Waals surface area contributed by atoms with E-state index in [1.165, 1.54) is 0 Å². The van der Waals surface area contributed by atoms with Crippen molar-refractivity contribution in [1.29, 1.82) is 0 Å². The molecule has 0 atom stereocenters. The highest BCUT2D eigenvalue weighted by Crippen LogP contribution is 2.18. The van der Waals surface area contributed by atoms with Gasteiger partial charge < -0.3 is 0 Å². The van der Waals surface area contributed by atoms with Crippen molar-refractivity contribution in [2.75, 3.05) is 18.1 Å². The van der Waals surface area contributed by atoms with Gasteiger partial charge in [0.25, 0.3) is 0 Å². The van der Waals surface area contributed by atoms with Crippen LogP contribution in [0.3, 0.4) is 0 Å². The van der Waals surface area contributed by atoms with Gasteiger partial charge in [-0.15, -0.1) is 0 Å². The Kier molecular flexibility index (Phi) is 5.15. The summed E-state index contributed by atoms with van der Waals surface area (Å²) in [6.45, 7) is 2.25. The molecule has 0 aromatic carbocycles. The standard InChI is InChI=1S/C10H19NO4S2/c1-2-3-4-7-11-17(14,15)10-5-8-16(12,13)9-6-10/h2-3,10-11H,4-9H2,1H3/b3-2+.